The molecular formula is C13H20N4O3. The number of nitrogens with zero attached hydrogens (tertiary/aromatic N) is 1. The minimum atomic E-state index is -0.662. The van der Waals surface area contributed by atoms with E-state index in [4.69, 9.17) is 10.5 Å². The number of rotatable bonds is 6. The van der Waals surface area contributed by atoms with E-state index in [0.717, 1.165) is 25.0 Å². The lowest BCUT2D eigenvalue weighted by Crippen LogP contribution is -2.32. The van der Waals surface area contributed by atoms with Gasteiger partial charge in [-0.2, -0.15) is 5.10 Å². The second kappa shape index (κ2) is 6.51. The van der Waals surface area contributed by atoms with Gasteiger partial charge in [0.2, 0.25) is 5.91 Å². The molecule has 0 aromatic carbocycles. The highest BCUT2D eigenvalue weighted by Crippen LogP contribution is 2.20. The third kappa shape index (κ3) is 3.57. The van der Waals surface area contributed by atoms with Gasteiger partial charge in [0.15, 0.2) is 5.82 Å². The molecule has 0 aliphatic carbocycles. The summed E-state index contributed by atoms with van der Waals surface area (Å²) in [7, 11) is 0. The van der Waals surface area contributed by atoms with E-state index in [1.807, 2.05) is 6.07 Å². The van der Waals surface area contributed by atoms with Crippen LogP contribution in [0, 0.1) is 0 Å². The van der Waals surface area contributed by atoms with Crippen molar-refractivity contribution in [3.05, 3.63) is 11.8 Å². The van der Waals surface area contributed by atoms with Crippen molar-refractivity contribution in [3.8, 4) is 0 Å². The number of hydrogen-bond acceptors (Lipinski definition) is 4. The number of unbranched alkanes of at least 4 members (excludes halogenated alkanes) is 1. The molecule has 4 N–H and O–H groups in total. The van der Waals surface area contributed by atoms with Crippen LogP contribution in [0.4, 0.5) is 5.82 Å². The number of nitrogens with one attached hydrogen (secondary N) is 2. The average Bonchev–Trinajstić information content (AvgIpc) is 3.05. The van der Waals surface area contributed by atoms with E-state index >= 15 is 0 Å². The Morgan fingerprint density at radius 3 is 2.90 bits per heavy atom. The van der Waals surface area contributed by atoms with Crippen molar-refractivity contribution in [2.45, 2.75) is 51.2 Å². The van der Waals surface area contributed by atoms with Crippen LogP contribution in [0.1, 0.15) is 38.3 Å². The summed E-state index contributed by atoms with van der Waals surface area (Å²) in [6.07, 6.45) is 2.76. The van der Waals surface area contributed by atoms with Gasteiger partial charge in [0, 0.05) is 11.8 Å². The Hall–Kier alpha value is -1.89. The molecule has 7 nitrogen and oxygen atoms in total. The van der Waals surface area contributed by atoms with Gasteiger partial charge >= 0.3 is 0 Å². The molecule has 20 heavy (non-hydrogen) atoms. The molecule has 7 heteroatoms. The standard InChI is InChI=1S/C13H20N4O3/c1-2-3-4-8-7-11(17-16-8)15-13(19)10-6-5-9(20-10)12(14)18/h7,9-10H,2-6H2,1H3,(H2,14,18)(H2,15,16,17,19)/t9-,10-/m0/s1. The van der Waals surface area contributed by atoms with E-state index in [9.17, 15) is 9.59 Å². The molecule has 1 saturated heterocycles. The van der Waals surface area contributed by atoms with Crippen LogP contribution in [0.5, 0.6) is 0 Å². The summed E-state index contributed by atoms with van der Waals surface area (Å²) >= 11 is 0. The van der Waals surface area contributed by atoms with E-state index < -0.39 is 18.1 Å². The molecule has 1 fully saturated rings. The first-order chi connectivity index (χ1) is 9.60. The van der Waals surface area contributed by atoms with Gasteiger partial charge in [-0.15, -0.1) is 0 Å². The summed E-state index contributed by atoms with van der Waals surface area (Å²) in [6, 6.07) is 1.81. The fourth-order valence-electron chi connectivity index (χ4n) is 2.17. The van der Waals surface area contributed by atoms with Gasteiger partial charge in [-0.3, -0.25) is 14.7 Å². The number of primary amides is 1. The molecular weight excluding hydrogens is 260 g/mol. The first kappa shape index (κ1) is 14.5. The maximum atomic E-state index is 12.0. The summed E-state index contributed by atoms with van der Waals surface area (Å²) in [4.78, 5) is 22.9. The van der Waals surface area contributed by atoms with Gasteiger partial charge in [0.05, 0.1) is 0 Å². The number of aromatic amines is 1. The van der Waals surface area contributed by atoms with Crippen molar-refractivity contribution in [2.75, 3.05) is 5.32 Å². The van der Waals surface area contributed by atoms with Gasteiger partial charge < -0.3 is 15.8 Å². The number of ether oxygens (including phenoxy) is 1. The number of amides is 2. The maximum Gasteiger partial charge on any atom is 0.254 e. The summed E-state index contributed by atoms with van der Waals surface area (Å²) in [6.45, 7) is 2.12. The zero-order valence-corrected chi connectivity index (χ0v) is 11.5. The van der Waals surface area contributed by atoms with E-state index in [-0.39, 0.29) is 5.91 Å². The summed E-state index contributed by atoms with van der Waals surface area (Å²) in [5.41, 5.74) is 6.14. The number of H-pyrrole nitrogens is 1. The van der Waals surface area contributed by atoms with Crippen LogP contribution in [0.3, 0.4) is 0 Å². The summed E-state index contributed by atoms with van der Waals surface area (Å²) in [5.74, 6) is -0.337. The molecule has 1 aromatic rings. The Labute approximate surface area is 117 Å². The SMILES string of the molecule is CCCCc1cc(NC(=O)[C@@H]2CC[C@@H](C(N)=O)O2)n[nH]1. The van der Waals surface area contributed by atoms with Crippen molar-refractivity contribution in [1.82, 2.24) is 10.2 Å². The molecule has 110 valence electrons. The molecule has 1 aromatic heterocycles. The van der Waals surface area contributed by atoms with Gasteiger partial charge in [0.25, 0.3) is 5.91 Å². The largest absolute Gasteiger partial charge is 0.367 e. The number of hydrogen-bond donors (Lipinski definition) is 3. The van der Waals surface area contributed by atoms with Gasteiger partial charge in [-0.05, 0) is 25.7 Å². The Bertz CT molecular complexity index is 486. The molecule has 2 atom stereocenters. The van der Waals surface area contributed by atoms with E-state index in [0.29, 0.717) is 18.7 Å². The van der Waals surface area contributed by atoms with Crippen molar-refractivity contribution in [1.29, 1.82) is 0 Å². The van der Waals surface area contributed by atoms with Crippen molar-refractivity contribution >= 4 is 17.6 Å². The highest BCUT2D eigenvalue weighted by molar-refractivity contribution is 5.94. The first-order valence-electron chi connectivity index (χ1n) is 6.90. The van der Waals surface area contributed by atoms with Crippen LogP contribution in [0.25, 0.3) is 0 Å². The molecule has 0 bridgehead atoms. The minimum Gasteiger partial charge on any atom is -0.367 e. The first-order valence-corrected chi connectivity index (χ1v) is 6.90. The van der Waals surface area contributed by atoms with Gasteiger partial charge in [-0.1, -0.05) is 13.3 Å². The zero-order valence-electron chi connectivity index (χ0n) is 11.5. The lowest BCUT2D eigenvalue weighted by atomic mass is 10.2. The molecule has 0 radical (unpaired) electrons. The van der Waals surface area contributed by atoms with Crippen LogP contribution in [0.2, 0.25) is 0 Å². The quantitative estimate of drug-likeness (QED) is 0.713. The third-order valence-electron chi connectivity index (χ3n) is 3.31. The normalized spacial score (nSPS) is 21.9. The Balaban J connectivity index is 1.85. The second-order valence-electron chi connectivity index (χ2n) is 4.96. The monoisotopic (exact) mass is 280 g/mol. The summed E-state index contributed by atoms with van der Waals surface area (Å²) in [5, 5.41) is 9.60. The van der Waals surface area contributed by atoms with Gasteiger partial charge in [0.1, 0.15) is 12.2 Å². The lowest BCUT2D eigenvalue weighted by Gasteiger charge is -2.10. The van der Waals surface area contributed by atoms with Crippen molar-refractivity contribution in [3.63, 3.8) is 0 Å². The predicted molar refractivity (Wildman–Crippen MR) is 72.9 cm³/mol. The van der Waals surface area contributed by atoms with Crippen molar-refractivity contribution < 1.29 is 14.3 Å². The van der Waals surface area contributed by atoms with Crippen LogP contribution in [-0.2, 0) is 20.7 Å². The van der Waals surface area contributed by atoms with Crippen LogP contribution < -0.4 is 11.1 Å². The van der Waals surface area contributed by atoms with E-state index in [2.05, 4.69) is 22.4 Å². The number of carbonyl (C=O) groups excluding carboxylic acids is 2. The molecule has 2 heterocycles. The zero-order chi connectivity index (χ0) is 14.5. The Morgan fingerprint density at radius 2 is 2.25 bits per heavy atom. The number of nitrogens with two attached hydrogens (primary N) is 1. The average molecular weight is 280 g/mol. The van der Waals surface area contributed by atoms with E-state index in [1.165, 1.54) is 0 Å². The molecule has 0 spiro atoms. The highest BCUT2D eigenvalue weighted by atomic mass is 16.5. The predicted octanol–water partition coefficient (Wildman–Crippen LogP) is 0.724. The molecule has 1 aliphatic rings. The molecule has 1 aliphatic heterocycles. The number of carbonyl (C=O) groups is 2. The fourth-order valence-corrected chi connectivity index (χ4v) is 2.17. The number of aryl methyl sites for hydroxylation is 1. The van der Waals surface area contributed by atoms with Gasteiger partial charge in [-0.25, -0.2) is 0 Å². The fraction of sp³-hybridized carbons (Fsp3) is 0.615. The summed E-state index contributed by atoms with van der Waals surface area (Å²) < 4.78 is 5.30. The molecule has 0 unspecified atom stereocenters. The smallest absolute Gasteiger partial charge is 0.254 e. The molecule has 2 rings (SSSR count). The lowest BCUT2D eigenvalue weighted by molar-refractivity contribution is -0.134. The van der Waals surface area contributed by atoms with Crippen LogP contribution >= 0.6 is 0 Å². The highest BCUT2D eigenvalue weighted by Gasteiger charge is 2.33. The second-order valence-corrected chi connectivity index (χ2v) is 4.96. The van der Waals surface area contributed by atoms with Crippen LogP contribution in [0.15, 0.2) is 6.07 Å². The Kier molecular flexibility index (Phi) is 4.73. The number of aromatic nitrogens is 2. The minimum absolute atomic E-state index is 0.290. The third-order valence-corrected chi connectivity index (χ3v) is 3.31. The topological polar surface area (TPSA) is 110 Å². The molecule has 2 amide bonds. The Morgan fingerprint density at radius 1 is 1.50 bits per heavy atom. The maximum absolute atomic E-state index is 12.0. The van der Waals surface area contributed by atoms with Crippen molar-refractivity contribution in [2.24, 2.45) is 5.73 Å². The molecule has 0 saturated carbocycles. The van der Waals surface area contributed by atoms with E-state index in [1.54, 1.807) is 0 Å². The number of anilines is 1. The van der Waals surface area contributed by atoms with Crippen LogP contribution in [-0.4, -0.2) is 34.2 Å².